The van der Waals surface area contributed by atoms with Crippen LogP contribution in [-0.4, -0.2) is 40.1 Å². The number of aryl methyl sites for hydroxylation is 1. The predicted molar refractivity (Wildman–Crippen MR) is 97.3 cm³/mol. The van der Waals surface area contributed by atoms with Gasteiger partial charge in [0.2, 0.25) is 0 Å². The molecule has 1 aliphatic heterocycles. The lowest BCUT2D eigenvalue weighted by atomic mass is 10.0. The fraction of sp³-hybridized carbons (Fsp3) is 0.500. The Hall–Kier alpha value is -2.14. The molecule has 2 aromatic rings. The smallest absolute Gasteiger partial charge is 0.323 e. The summed E-state index contributed by atoms with van der Waals surface area (Å²) in [6, 6.07) is 10.6. The molecule has 3 rings (SSSR count). The van der Waals surface area contributed by atoms with Crippen molar-refractivity contribution in [3.8, 4) is 0 Å². The zero-order chi connectivity index (χ0) is 17.8. The molecule has 0 saturated heterocycles. The van der Waals surface area contributed by atoms with Gasteiger partial charge in [-0.3, -0.25) is 9.69 Å². The molecule has 0 unspecified atom stereocenters. The molecule has 1 atom stereocenters. The van der Waals surface area contributed by atoms with Crippen molar-refractivity contribution in [2.24, 2.45) is 0 Å². The van der Waals surface area contributed by atoms with Crippen LogP contribution in [-0.2, 0) is 28.9 Å². The SMILES string of the molecule is COC(=O)[C@@H]1Cc2ncn(C(C)C)c2CN1CCCc1ccccc1. The van der Waals surface area contributed by atoms with Gasteiger partial charge in [-0.05, 0) is 38.8 Å². The Morgan fingerprint density at radius 2 is 2.08 bits per heavy atom. The number of carbonyl (C=O) groups is 1. The maximum Gasteiger partial charge on any atom is 0.323 e. The molecular formula is C20H27N3O2. The van der Waals surface area contributed by atoms with Crippen LogP contribution in [0.1, 0.15) is 43.3 Å². The third kappa shape index (κ3) is 3.93. The summed E-state index contributed by atoms with van der Waals surface area (Å²) in [5.41, 5.74) is 3.60. The lowest BCUT2D eigenvalue weighted by molar-refractivity contribution is -0.147. The summed E-state index contributed by atoms with van der Waals surface area (Å²) in [6.07, 6.45) is 4.56. The third-order valence-corrected chi connectivity index (χ3v) is 4.95. The third-order valence-electron chi connectivity index (χ3n) is 4.95. The Morgan fingerprint density at radius 3 is 2.76 bits per heavy atom. The predicted octanol–water partition coefficient (Wildman–Crippen LogP) is 3.00. The second-order valence-corrected chi connectivity index (χ2v) is 6.94. The number of esters is 1. The van der Waals surface area contributed by atoms with Gasteiger partial charge in [-0.1, -0.05) is 30.3 Å². The average Bonchev–Trinajstić information content (AvgIpc) is 3.04. The van der Waals surface area contributed by atoms with Crippen LogP contribution in [0.25, 0.3) is 0 Å². The highest BCUT2D eigenvalue weighted by Gasteiger charge is 2.34. The molecule has 5 nitrogen and oxygen atoms in total. The number of benzene rings is 1. The van der Waals surface area contributed by atoms with Crippen molar-refractivity contribution in [2.75, 3.05) is 13.7 Å². The zero-order valence-electron chi connectivity index (χ0n) is 15.3. The normalized spacial score (nSPS) is 17.5. The standard InChI is InChI=1S/C20H27N3O2/c1-15(2)23-14-21-17-12-18(20(24)25-3)22(13-19(17)23)11-7-10-16-8-5-4-6-9-16/h4-6,8-9,14-15,18H,7,10-13H2,1-3H3/t18-/m0/s1. The zero-order valence-corrected chi connectivity index (χ0v) is 15.3. The second-order valence-electron chi connectivity index (χ2n) is 6.94. The van der Waals surface area contributed by atoms with Gasteiger partial charge in [0.05, 0.1) is 24.8 Å². The topological polar surface area (TPSA) is 47.4 Å². The minimum Gasteiger partial charge on any atom is -0.468 e. The van der Waals surface area contributed by atoms with Crippen molar-refractivity contribution in [3.63, 3.8) is 0 Å². The first-order valence-electron chi connectivity index (χ1n) is 9.00. The molecule has 1 aromatic carbocycles. The molecule has 0 radical (unpaired) electrons. The van der Waals surface area contributed by atoms with Crippen molar-refractivity contribution in [1.82, 2.24) is 14.5 Å². The molecule has 134 valence electrons. The number of hydrogen-bond acceptors (Lipinski definition) is 4. The highest BCUT2D eigenvalue weighted by atomic mass is 16.5. The quantitative estimate of drug-likeness (QED) is 0.758. The van der Waals surface area contributed by atoms with Crippen molar-refractivity contribution >= 4 is 5.97 Å². The molecule has 0 bridgehead atoms. The van der Waals surface area contributed by atoms with Gasteiger partial charge in [-0.15, -0.1) is 0 Å². The van der Waals surface area contributed by atoms with E-state index in [1.807, 2.05) is 12.4 Å². The second kappa shape index (κ2) is 7.83. The van der Waals surface area contributed by atoms with Crippen molar-refractivity contribution in [1.29, 1.82) is 0 Å². The van der Waals surface area contributed by atoms with Gasteiger partial charge in [-0.25, -0.2) is 4.98 Å². The summed E-state index contributed by atoms with van der Waals surface area (Å²) < 4.78 is 7.25. The molecule has 0 spiro atoms. The van der Waals surface area contributed by atoms with E-state index in [1.54, 1.807) is 0 Å². The lowest BCUT2D eigenvalue weighted by Crippen LogP contribution is -2.47. The van der Waals surface area contributed by atoms with Gasteiger partial charge >= 0.3 is 5.97 Å². The molecule has 25 heavy (non-hydrogen) atoms. The van der Waals surface area contributed by atoms with E-state index in [4.69, 9.17) is 4.74 Å². The first kappa shape index (κ1) is 17.7. The Bertz CT molecular complexity index is 709. The first-order chi connectivity index (χ1) is 12.1. The van der Waals surface area contributed by atoms with E-state index >= 15 is 0 Å². The number of aromatic nitrogens is 2. The van der Waals surface area contributed by atoms with Crippen LogP contribution < -0.4 is 0 Å². The Kier molecular flexibility index (Phi) is 5.53. The number of methoxy groups -OCH3 is 1. The van der Waals surface area contributed by atoms with Crippen LogP contribution in [0, 0.1) is 0 Å². The molecule has 0 aliphatic carbocycles. The molecule has 1 aliphatic rings. The van der Waals surface area contributed by atoms with Gasteiger partial charge in [0.25, 0.3) is 0 Å². The van der Waals surface area contributed by atoms with E-state index in [9.17, 15) is 4.79 Å². The minimum atomic E-state index is -0.233. The molecular weight excluding hydrogens is 314 g/mol. The Labute approximate surface area is 149 Å². The monoisotopic (exact) mass is 341 g/mol. The largest absolute Gasteiger partial charge is 0.468 e. The summed E-state index contributed by atoms with van der Waals surface area (Å²) in [6.45, 7) is 5.95. The molecule has 0 amide bonds. The summed E-state index contributed by atoms with van der Waals surface area (Å²) in [4.78, 5) is 19.0. The number of carbonyl (C=O) groups excluding carboxylic acids is 1. The number of fused-ring (bicyclic) bond motifs is 1. The van der Waals surface area contributed by atoms with E-state index in [2.05, 4.69) is 52.6 Å². The molecule has 0 saturated carbocycles. The highest BCUT2D eigenvalue weighted by Crippen LogP contribution is 2.26. The van der Waals surface area contributed by atoms with Gasteiger partial charge in [-0.2, -0.15) is 0 Å². The van der Waals surface area contributed by atoms with E-state index in [0.717, 1.165) is 31.6 Å². The number of imidazole rings is 1. The van der Waals surface area contributed by atoms with Crippen LogP contribution in [0.15, 0.2) is 36.7 Å². The maximum atomic E-state index is 12.3. The number of hydrogen-bond donors (Lipinski definition) is 0. The van der Waals surface area contributed by atoms with Gasteiger partial charge < -0.3 is 9.30 Å². The summed E-state index contributed by atoms with van der Waals surface area (Å²) in [5.74, 6) is -0.163. The van der Waals surface area contributed by atoms with Gasteiger partial charge in [0, 0.05) is 19.0 Å². The Morgan fingerprint density at radius 1 is 1.32 bits per heavy atom. The van der Waals surface area contributed by atoms with E-state index in [0.29, 0.717) is 12.5 Å². The van der Waals surface area contributed by atoms with Gasteiger partial charge in [0.1, 0.15) is 6.04 Å². The van der Waals surface area contributed by atoms with Crippen molar-refractivity contribution in [3.05, 3.63) is 53.6 Å². The molecule has 1 aromatic heterocycles. The van der Waals surface area contributed by atoms with E-state index < -0.39 is 0 Å². The molecule has 2 heterocycles. The average molecular weight is 341 g/mol. The van der Waals surface area contributed by atoms with Crippen LogP contribution in [0.2, 0.25) is 0 Å². The highest BCUT2D eigenvalue weighted by molar-refractivity contribution is 5.76. The van der Waals surface area contributed by atoms with E-state index in [1.165, 1.54) is 18.4 Å². The summed E-state index contributed by atoms with van der Waals surface area (Å²) in [7, 11) is 1.46. The summed E-state index contributed by atoms with van der Waals surface area (Å²) >= 11 is 0. The Balaban J connectivity index is 1.72. The molecule has 0 N–H and O–H groups in total. The maximum absolute atomic E-state index is 12.3. The number of ether oxygens (including phenoxy) is 1. The van der Waals surface area contributed by atoms with Crippen LogP contribution in [0.3, 0.4) is 0 Å². The molecule has 5 heteroatoms. The first-order valence-corrected chi connectivity index (χ1v) is 9.00. The lowest BCUT2D eigenvalue weighted by Gasteiger charge is -2.34. The minimum absolute atomic E-state index is 0.163. The number of rotatable bonds is 6. The number of nitrogens with zero attached hydrogens (tertiary/aromatic N) is 3. The summed E-state index contributed by atoms with van der Waals surface area (Å²) in [5, 5.41) is 0. The van der Waals surface area contributed by atoms with E-state index in [-0.39, 0.29) is 12.0 Å². The van der Waals surface area contributed by atoms with Gasteiger partial charge in [0.15, 0.2) is 0 Å². The van der Waals surface area contributed by atoms with Crippen LogP contribution in [0.5, 0.6) is 0 Å². The van der Waals surface area contributed by atoms with Crippen LogP contribution in [0.4, 0.5) is 0 Å². The van der Waals surface area contributed by atoms with Crippen LogP contribution >= 0.6 is 0 Å². The fourth-order valence-electron chi connectivity index (χ4n) is 3.56. The van der Waals surface area contributed by atoms with Crippen molar-refractivity contribution < 1.29 is 9.53 Å². The van der Waals surface area contributed by atoms with Crippen molar-refractivity contribution in [2.45, 2.75) is 51.7 Å². The fourth-order valence-corrected chi connectivity index (χ4v) is 3.56. The molecule has 0 fully saturated rings.